The Balaban J connectivity index is 1.51. The maximum Gasteiger partial charge on any atom is 0.115 e. The molecular weight excluding hydrogens is 274 g/mol. The zero-order valence-electron chi connectivity index (χ0n) is 12.7. The smallest absolute Gasteiger partial charge is 0.115 e. The number of aliphatic hydroxyl groups is 1. The highest BCUT2D eigenvalue weighted by molar-refractivity contribution is 5.26. The molecular formula is C19H23NO2. The van der Waals surface area contributed by atoms with Gasteiger partial charge < -0.3 is 15.5 Å². The number of hydrogen-bond acceptors (Lipinski definition) is 3. The molecule has 1 aliphatic heterocycles. The molecule has 3 atom stereocenters. The van der Waals surface area contributed by atoms with Crippen molar-refractivity contribution < 1.29 is 10.2 Å². The first kappa shape index (κ1) is 15.1. The number of rotatable bonds is 5. The van der Waals surface area contributed by atoms with Gasteiger partial charge in [-0.25, -0.2) is 0 Å². The lowest BCUT2D eigenvalue weighted by Crippen LogP contribution is -2.34. The van der Waals surface area contributed by atoms with Crippen molar-refractivity contribution >= 4 is 0 Å². The molecule has 1 fully saturated rings. The second-order valence-electron chi connectivity index (χ2n) is 6.11. The van der Waals surface area contributed by atoms with Gasteiger partial charge in [0.05, 0.1) is 6.10 Å². The highest BCUT2D eigenvalue weighted by Gasteiger charge is 2.29. The molecule has 3 heteroatoms. The lowest BCUT2D eigenvalue weighted by molar-refractivity contribution is 0.135. The average Bonchev–Trinajstić information content (AvgIpc) is 3.03. The number of aryl methyl sites for hydroxylation is 1. The third-order valence-corrected chi connectivity index (χ3v) is 4.52. The van der Waals surface area contributed by atoms with Gasteiger partial charge in [0, 0.05) is 12.1 Å². The summed E-state index contributed by atoms with van der Waals surface area (Å²) in [6, 6.07) is 17.9. The largest absolute Gasteiger partial charge is 0.508 e. The topological polar surface area (TPSA) is 52.5 Å². The third-order valence-electron chi connectivity index (χ3n) is 4.52. The number of hydrogen-bond donors (Lipinski definition) is 3. The van der Waals surface area contributed by atoms with E-state index in [4.69, 9.17) is 0 Å². The molecule has 3 nitrogen and oxygen atoms in total. The summed E-state index contributed by atoms with van der Waals surface area (Å²) in [6.07, 6.45) is 3.73. The zero-order valence-corrected chi connectivity index (χ0v) is 12.7. The van der Waals surface area contributed by atoms with E-state index in [1.165, 1.54) is 5.56 Å². The van der Waals surface area contributed by atoms with Crippen LogP contribution in [0.4, 0.5) is 0 Å². The molecule has 1 unspecified atom stereocenters. The molecule has 0 aliphatic carbocycles. The van der Waals surface area contributed by atoms with Gasteiger partial charge in [-0.3, -0.25) is 0 Å². The molecule has 0 aromatic heterocycles. The van der Waals surface area contributed by atoms with Crippen LogP contribution in [-0.4, -0.2) is 22.3 Å². The molecule has 2 aromatic rings. The van der Waals surface area contributed by atoms with Crippen molar-refractivity contribution in [1.29, 1.82) is 0 Å². The molecule has 0 amide bonds. The van der Waals surface area contributed by atoms with E-state index < -0.39 is 6.10 Å². The second kappa shape index (κ2) is 6.95. The highest BCUT2D eigenvalue weighted by atomic mass is 16.3. The van der Waals surface area contributed by atoms with E-state index in [9.17, 15) is 10.2 Å². The van der Waals surface area contributed by atoms with Crippen LogP contribution in [-0.2, 0) is 6.42 Å². The first-order valence-corrected chi connectivity index (χ1v) is 7.99. The fourth-order valence-electron chi connectivity index (χ4n) is 3.21. The fourth-order valence-corrected chi connectivity index (χ4v) is 3.21. The Morgan fingerprint density at radius 1 is 1.00 bits per heavy atom. The summed E-state index contributed by atoms with van der Waals surface area (Å²) in [7, 11) is 0. The highest BCUT2D eigenvalue weighted by Crippen LogP contribution is 2.27. The minimum absolute atomic E-state index is 0.146. The van der Waals surface area contributed by atoms with E-state index in [0.717, 1.165) is 31.2 Å². The maximum atomic E-state index is 10.5. The van der Waals surface area contributed by atoms with Crippen LogP contribution in [0.5, 0.6) is 5.75 Å². The van der Waals surface area contributed by atoms with Gasteiger partial charge in [0.25, 0.3) is 0 Å². The van der Waals surface area contributed by atoms with Crippen LogP contribution in [0.3, 0.4) is 0 Å². The van der Waals surface area contributed by atoms with Crippen molar-refractivity contribution in [1.82, 2.24) is 5.32 Å². The Labute approximate surface area is 131 Å². The minimum atomic E-state index is -0.431. The second-order valence-corrected chi connectivity index (χ2v) is 6.11. The van der Waals surface area contributed by atoms with Crippen molar-refractivity contribution in [3.8, 4) is 5.75 Å². The number of phenols is 1. The molecule has 2 aromatic carbocycles. The summed E-state index contributed by atoms with van der Waals surface area (Å²) in [4.78, 5) is 0. The molecule has 1 aliphatic rings. The fraction of sp³-hybridized carbons (Fsp3) is 0.368. The van der Waals surface area contributed by atoms with Gasteiger partial charge in [0.1, 0.15) is 5.75 Å². The third kappa shape index (κ3) is 3.67. The van der Waals surface area contributed by atoms with Gasteiger partial charge in [-0.15, -0.1) is 0 Å². The van der Waals surface area contributed by atoms with Gasteiger partial charge in [0.2, 0.25) is 0 Å². The summed E-state index contributed by atoms with van der Waals surface area (Å²) < 4.78 is 0. The summed E-state index contributed by atoms with van der Waals surface area (Å²) in [5.74, 6) is 0.314. The van der Waals surface area contributed by atoms with Crippen LogP contribution < -0.4 is 5.32 Å². The molecule has 116 valence electrons. The molecule has 1 saturated heterocycles. The van der Waals surface area contributed by atoms with Crippen LogP contribution in [0.2, 0.25) is 0 Å². The Hall–Kier alpha value is -1.84. The van der Waals surface area contributed by atoms with E-state index in [-0.39, 0.29) is 6.04 Å². The predicted octanol–water partition coefficient (Wildman–Crippen LogP) is 3.18. The summed E-state index contributed by atoms with van der Waals surface area (Å²) in [6.45, 7) is 0. The molecule has 3 rings (SSSR count). The molecule has 0 radical (unpaired) electrons. The standard InChI is InChI=1S/C19H23NO2/c21-17-11-7-14(8-12-17)6-9-16-10-13-18(20-16)19(22)15-4-2-1-3-5-15/h1-5,7-8,11-12,16,18-22H,6,9-10,13H2/t16-,18-,19?/m0/s1. The van der Waals surface area contributed by atoms with Crippen LogP contribution in [0.15, 0.2) is 54.6 Å². The Kier molecular flexibility index (Phi) is 4.76. The number of nitrogens with one attached hydrogen (secondary N) is 1. The van der Waals surface area contributed by atoms with Crippen LogP contribution >= 0.6 is 0 Å². The van der Waals surface area contributed by atoms with E-state index in [1.807, 2.05) is 42.5 Å². The van der Waals surface area contributed by atoms with Gasteiger partial charge in [-0.2, -0.15) is 0 Å². The average molecular weight is 297 g/mol. The van der Waals surface area contributed by atoms with Crippen LogP contribution in [0, 0.1) is 0 Å². The van der Waals surface area contributed by atoms with Crippen molar-refractivity contribution in [3.63, 3.8) is 0 Å². The summed E-state index contributed by atoms with van der Waals surface area (Å²) in [5.41, 5.74) is 2.23. The van der Waals surface area contributed by atoms with Crippen LogP contribution in [0.25, 0.3) is 0 Å². The summed E-state index contributed by atoms with van der Waals surface area (Å²) >= 11 is 0. The van der Waals surface area contributed by atoms with Gasteiger partial charge in [-0.1, -0.05) is 42.5 Å². The van der Waals surface area contributed by atoms with Crippen molar-refractivity contribution in [2.75, 3.05) is 0 Å². The predicted molar refractivity (Wildman–Crippen MR) is 87.8 cm³/mol. The van der Waals surface area contributed by atoms with Gasteiger partial charge >= 0.3 is 0 Å². The first-order valence-electron chi connectivity index (χ1n) is 7.99. The number of phenolic OH excluding ortho intramolecular Hbond substituents is 1. The first-order chi connectivity index (χ1) is 10.7. The van der Waals surface area contributed by atoms with E-state index in [1.54, 1.807) is 12.1 Å². The molecule has 1 heterocycles. The Morgan fingerprint density at radius 2 is 1.73 bits per heavy atom. The van der Waals surface area contributed by atoms with Crippen molar-refractivity contribution in [2.45, 2.75) is 43.9 Å². The lowest BCUT2D eigenvalue weighted by Gasteiger charge is -2.20. The van der Waals surface area contributed by atoms with Crippen molar-refractivity contribution in [2.24, 2.45) is 0 Å². The normalized spacial score (nSPS) is 22.6. The molecule has 22 heavy (non-hydrogen) atoms. The summed E-state index contributed by atoms with van der Waals surface area (Å²) in [5, 5.41) is 23.3. The monoisotopic (exact) mass is 297 g/mol. The Bertz CT molecular complexity index is 582. The maximum absolute atomic E-state index is 10.5. The minimum Gasteiger partial charge on any atom is -0.508 e. The molecule has 3 N–H and O–H groups in total. The number of benzene rings is 2. The van der Waals surface area contributed by atoms with E-state index in [2.05, 4.69) is 5.32 Å². The quantitative estimate of drug-likeness (QED) is 0.794. The van der Waals surface area contributed by atoms with Crippen LogP contribution in [0.1, 0.15) is 36.5 Å². The number of aromatic hydroxyl groups is 1. The zero-order chi connectivity index (χ0) is 15.4. The Morgan fingerprint density at radius 3 is 2.45 bits per heavy atom. The van der Waals surface area contributed by atoms with E-state index >= 15 is 0 Å². The molecule has 0 bridgehead atoms. The SMILES string of the molecule is Oc1ccc(CC[C@H]2CC[C@@H](C(O)c3ccccc3)N2)cc1. The molecule has 0 spiro atoms. The molecule has 0 saturated carbocycles. The van der Waals surface area contributed by atoms with Gasteiger partial charge in [-0.05, 0) is 48.9 Å². The lowest BCUT2D eigenvalue weighted by atomic mass is 10.0. The van der Waals surface area contributed by atoms with E-state index in [0.29, 0.717) is 11.8 Å². The van der Waals surface area contributed by atoms with Crippen molar-refractivity contribution in [3.05, 3.63) is 65.7 Å². The number of aliphatic hydroxyl groups excluding tert-OH is 1. The van der Waals surface area contributed by atoms with Gasteiger partial charge in [0.15, 0.2) is 0 Å².